The fourth-order valence-corrected chi connectivity index (χ4v) is 5.21. The van der Waals surface area contributed by atoms with E-state index in [1.54, 1.807) is 0 Å². The molecule has 1 aromatic rings. The Morgan fingerprint density at radius 2 is 1.95 bits per heavy atom. The van der Waals surface area contributed by atoms with Crippen LogP contribution in [0.1, 0.15) is 43.2 Å². The van der Waals surface area contributed by atoms with Crippen LogP contribution in [0.2, 0.25) is 0 Å². The predicted octanol–water partition coefficient (Wildman–Crippen LogP) is 3.06. The van der Waals surface area contributed by atoms with Crippen LogP contribution in [0.3, 0.4) is 0 Å². The van der Waals surface area contributed by atoms with Crippen LogP contribution in [-0.2, 0) is 23.6 Å². The summed E-state index contributed by atoms with van der Waals surface area (Å²) in [4.78, 5) is 1.03. The summed E-state index contributed by atoms with van der Waals surface area (Å²) in [6, 6.07) is 6.88. The number of hydrogen-bond donors (Lipinski definition) is 1. The van der Waals surface area contributed by atoms with Gasteiger partial charge < -0.3 is 5.32 Å². The second kappa shape index (κ2) is 6.40. The van der Waals surface area contributed by atoms with Gasteiger partial charge in [0.15, 0.2) is 0 Å². The lowest BCUT2D eigenvalue weighted by molar-refractivity contribution is 0.408. The minimum atomic E-state index is -0.864. The second-order valence-corrected chi connectivity index (χ2v) is 7.73. The maximum atomic E-state index is 12.6. The van der Waals surface area contributed by atoms with Gasteiger partial charge in [-0.1, -0.05) is 18.9 Å². The molecule has 2 aliphatic rings. The minimum Gasteiger partial charge on any atom is -0.316 e. The zero-order chi connectivity index (χ0) is 13.9. The van der Waals surface area contributed by atoms with Gasteiger partial charge in [0.1, 0.15) is 0 Å². The summed E-state index contributed by atoms with van der Waals surface area (Å²) < 4.78 is 12.6. The highest BCUT2D eigenvalue weighted by molar-refractivity contribution is 7.85. The second-order valence-electron chi connectivity index (χ2n) is 6.24. The fourth-order valence-electron chi connectivity index (χ4n) is 3.76. The van der Waals surface area contributed by atoms with Gasteiger partial charge in [0.2, 0.25) is 0 Å². The number of aryl methyl sites for hydroxylation is 2. The van der Waals surface area contributed by atoms with E-state index in [4.69, 9.17) is 0 Å². The molecule has 0 bridgehead atoms. The van der Waals surface area contributed by atoms with Crippen molar-refractivity contribution in [1.82, 2.24) is 5.32 Å². The maximum Gasteiger partial charge on any atom is 0.0545 e. The first-order valence-electron chi connectivity index (χ1n) is 7.95. The molecule has 0 amide bonds. The van der Waals surface area contributed by atoms with Crippen LogP contribution >= 0.6 is 0 Å². The lowest BCUT2D eigenvalue weighted by atomic mass is 10.0. The molecule has 0 radical (unpaired) electrons. The highest BCUT2D eigenvalue weighted by Crippen LogP contribution is 2.29. The molecule has 1 N–H and O–H groups in total. The van der Waals surface area contributed by atoms with Gasteiger partial charge in [-0.2, -0.15) is 0 Å². The molecule has 2 nitrogen and oxygen atoms in total. The van der Waals surface area contributed by atoms with Crippen LogP contribution in [0.4, 0.5) is 0 Å². The lowest BCUT2D eigenvalue weighted by Crippen LogP contribution is -2.37. The molecule has 1 saturated carbocycles. The Bertz CT molecular complexity index is 494. The van der Waals surface area contributed by atoms with Crippen molar-refractivity contribution in [3.05, 3.63) is 29.3 Å². The third kappa shape index (κ3) is 2.99. The highest BCUT2D eigenvalue weighted by Gasteiger charge is 2.26. The third-order valence-electron chi connectivity index (χ3n) is 5.00. The van der Waals surface area contributed by atoms with Crippen molar-refractivity contribution in [3.63, 3.8) is 0 Å². The summed E-state index contributed by atoms with van der Waals surface area (Å²) >= 11 is 0. The van der Waals surface area contributed by atoms with Crippen LogP contribution in [-0.4, -0.2) is 23.1 Å². The largest absolute Gasteiger partial charge is 0.316 e. The summed E-state index contributed by atoms with van der Waals surface area (Å²) in [5.74, 6) is 1.48. The Kier molecular flexibility index (Phi) is 4.57. The predicted molar refractivity (Wildman–Crippen MR) is 84.5 cm³/mol. The summed E-state index contributed by atoms with van der Waals surface area (Å²) in [6.45, 7) is 0. The molecule has 1 fully saturated rings. The van der Waals surface area contributed by atoms with E-state index >= 15 is 0 Å². The highest BCUT2D eigenvalue weighted by atomic mass is 32.2. The molecule has 0 aromatic heterocycles. The summed E-state index contributed by atoms with van der Waals surface area (Å²) in [7, 11) is 1.15. The van der Waals surface area contributed by atoms with Gasteiger partial charge in [-0.25, -0.2) is 0 Å². The van der Waals surface area contributed by atoms with E-state index in [9.17, 15) is 4.21 Å². The fraction of sp³-hybridized carbons (Fsp3) is 0.647. The van der Waals surface area contributed by atoms with E-state index in [1.807, 2.05) is 7.05 Å². The zero-order valence-electron chi connectivity index (χ0n) is 12.4. The van der Waals surface area contributed by atoms with Crippen molar-refractivity contribution in [2.45, 2.75) is 55.9 Å². The monoisotopic (exact) mass is 291 g/mol. The normalized spacial score (nSPS) is 21.9. The van der Waals surface area contributed by atoms with Crippen molar-refractivity contribution < 1.29 is 4.21 Å². The smallest absolute Gasteiger partial charge is 0.0545 e. The van der Waals surface area contributed by atoms with E-state index in [1.165, 1.54) is 56.1 Å². The maximum absolute atomic E-state index is 12.6. The van der Waals surface area contributed by atoms with Crippen LogP contribution < -0.4 is 5.32 Å². The van der Waals surface area contributed by atoms with Crippen molar-refractivity contribution >= 4 is 10.8 Å². The van der Waals surface area contributed by atoms with Crippen LogP contribution in [0.15, 0.2) is 23.1 Å². The topological polar surface area (TPSA) is 29.1 Å². The molecule has 20 heavy (non-hydrogen) atoms. The Morgan fingerprint density at radius 1 is 1.20 bits per heavy atom. The van der Waals surface area contributed by atoms with Gasteiger partial charge in [0.25, 0.3) is 0 Å². The molecule has 2 atom stereocenters. The van der Waals surface area contributed by atoms with E-state index in [-0.39, 0.29) is 0 Å². The van der Waals surface area contributed by atoms with Gasteiger partial charge in [-0.3, -0.25) is 4.21 Å². The lowest BCUT2D eigenvalue weighted by Gasteiger charge is -2.22. The van der Waals surface area contributed by atoms with Gasteiger partial charge in [0, 0.05) is 16.7 Å². The molecule has 0 aliphatic heterocycles. The van der Waals surface area contributed by atoms with Crippen LogP contribution in [0.5, 0.6) is 0 Å². The molecule has 2 unspecified atom stereocenters. The van der Waals surface area contributed by atoms with E-state index in [2.05, 4.69) is 23.5 Å². The van der Waals surface area contributed by atoms with E-state index in [0.717, 1.165) is 16.6 Å². The van der Waals surface area contributed by atoms with Crippen molar-refractivity contribution in [2.24, 2.45) is 5.92 Å². The van der Waals surface area contributed by atoms with Crippen LogP contribution in [0.25, 0.3) is 0 Å². The van der Waals surface area contributed by atoms with Gasteiger partial charge in [0.05, 0.1) is 10.8 Å². The summed E-state index contributed by atoms with van der Waals surface area (Å²) in [6.07, 6.45) is 8.90. The molecule has 0 spiro atoms. The van der Waals surface area contributed by atoms with Crippen molar-refractivity contribution in [1.29, 1.82) is 0 Å². The molecule has 2 aliphatic carbocycles. The molecular weight excluding hydrogens is 266 g/mol. The first kappa shape index (κ1) is 14.3. The number of hydrogen-bond acceptors (Lipinski definition) is 2. The third-order valence-corrected chi connectivity index (χ3v) is 6.45. The quantitative estimate of drug-likeness (QED) is 0.903. The standard InChI is InChI=1S/C17H25NOS/c1-18-17(14-5-2-3-6-14)12-20(19)16-10-9-13-7-4-8-15(13)11-16/h9-11,14,17-18H,2-8,12H2,1H3. The Labute approximate surface area is 124 Å². The van der Waals surface area contributed by atoms with E-state index in [0.29, 0.717) is 6.04 Å². The zero-order valence-corrected chi connectivity index (χ0v) is 13.2. The van der Waals surface area contributed by atoms with Crippen LogP contribution in [0, 0.1) is 5.92 Å². The molecule has 0 heterocycles. The molecule has 3 heteroatoms. The Hall–Kier alpha value is -0.670. The van der Waals surface area contributed by atoms with E-state index < -0.39 is 10.8 Å². The molecule has 110 valence electrons. The van der Waals surface area contributed by atoms with Gasteiger partial charge in [-0.15, -0.1) is 0 Å². The first-order valence-corrected chi connectivity index (χ1v) is 9.27. The van der Waals surface area contributed by atoms with Crippen molar-refractivity contribution in [3.8, 4) is 0 Å². The molecule has 0 saturated heterocycles. The molecular formula is C17H25NOS. The summed E-state index contributed by atoms with van der Waals surface area (Å²) in [5, 5.41) is 3.40. The Morgan fingerprint density at radius 3 is 2.70 bits per heavy atom. The first-order chi connectivity index (χ1) is 9.78. The molecule has 3 rings (SSSR count). The number of nitrogens with one attached hydrogen (secondary N) is 1. The number of benzene rings is 1. The SMILES string of the molecule is CNC(CS(=O)c1ccc2c(c1)CCC2)C1CCCC1. The number of fused-ring (bicyclic) bond motifs is 1. The van der Waals surface area contributed by atoms with Gasteiger partial charge >= 0.3 is 0 Å². The average molecular weight is 291 g/mol. The molecule has 1 aromatic carbocycles. The van der Waals surface area contributed by atoms with Crippen molar-refractivity contribution in [2.75, 3.05) is 12.8 Å². The van der Waals surface area contributed by atoms with Gasteiger partial charge in [-0.05, 0) is 68.3 Å². The minimum absolute atomic E-state index is 0.409. The Balaban J connectivity index is 1.68. The number of rotatable bonds is 5. The summed E-state index contributed by atoms with van der Waals surface area (Å²) in [5.41, 5.74) is 2.89. The average Bonchev–Trinajstić information content (AvgIpc) is 3.14.